The number of hydrogen-bond acceptors (Lipinski definition) is 4. The van der Waals surface area contributed by atoms with Gasteiger partial charge in [0.25, 0.3) is 0 Å². The van der Waals surface area contributed by atoms with Crippen molar-refractivity contribution < 1.29 is 9.53 Å². The maximum atomic E-state index is 11.6. The van der Waals surface area contributed by atoms with Crippen LogP contribution >= 0.6 is 0 Å². The third-order valence-corrected chi connectivity index (χ3v) is 2.82. The number of amides is 1. The molecule has 0 aliphatic rings. The first kappa shape index (κ1) is 19.2. The molecule has 1 amide bonds. The van der Waals surface area contributed by atoms with E-state index in [1.807, 2.05) is 20.8 Å². The highest BCUT2D eigenvalue weighted by molar-refractivity contribution is 5.67. The van der Waals surface area contributed by atoms with Crippen molar-refractivity contribution in [2.75, 3.05) is 27.2 Å². The quantitative estimate of drug-likeness (QED) is 0.753. The largest absolute Gasteiger partial charge is 0.444 e. The summed E-state index contributed by atoms with van der Waals surface area (Å²) < 4.78 is 5.22. The molecule has 0 aromatic carbocycles. The van der Waals surface area contributed by atoms with Crippen molar-refractivity contribution in [3.63, 3.8) is 0 Å². The molecule has 0 saturated heterocycles. The van der Waals surface area contributed by atoms with Crippen LogP contribution in [0.3, 0.4) is 0 Å². The number of carbonyl (C=O) groups excluding carboxylic acids is 1. The van der Waals surface area contributed by atoms with E-state index < -0.39 is 5.60 Å². The van der Waals surface area contributed by atoms with Gasteiger partial charge in [0, 0.05) is 25.2 Å². The van der Waals surface area contributed by atoms with E-state index in [-0.39, 0.29) is 12.1 Å². The zero-order valence-corrected chi connectivity index (χ0v) is 14.4. The second-order valence-electron chi connectivity index (χ2n) is 7.06. The number of rotatable bonds is 7. The second-order valence-corrected chi connectivity index (χ2v) is 7.06. The number of hydrogen-bond donors (Lipinski definition) is 2. The van der Waals surface area contributed by atoms with E-state index >= 15 is 0 Å². The molecule has 0 fully saturated rings. The molecule has 0 rings (SSSR count). The van der Waals surface area contributed by atoms with Gasteiger partial charge < -0.3 is 20.3 Å². The van der Waals surface area contributed by atoms with Gasteiger partial charge in [0.15, 0.2) is 0 Å². The smallest absolute Gasteiger partial charge is 0.407 e. The Balaban J connectivity index is 4.13. The van der Waals surface area contributed by atoms with Crippen LogP contribution in [0.4, 0.5) is 4.79 Å². The van der Waals surface area contributed by atoms with Crippen molar-refractivity contribution in [1.29, 1.82) is 0 Å². The number of carbonyl (C=O) groups is 1. The number of nitrogens with one attached hydrogen (secondary N) is 2. The van der Waals surface area contributed by atoms with Crippen LogP contribution in [0.25, 0.3) is 0 Å². The summed E-state index contributed by atoms with van der Waals surface area (Å²) in [4.78, 5) is 13.8. The molecule has 2 N–H and O–H groups in total. The highest BCUT2D eigenvalue weighted by Crippen LogP contribution is 2.07. The van der Waals surface area contributed by atoms with E-state index in [0.29, 0.717) is 18.5 Å². The SMILES string of the molecule is CC(CNC(=O)OC(C)(C)C)NC(CN(C)C)C(C)C. The van der Waals surface area contributed by atoms with Gasteiger partial charge >= 0.3 is 6.09 Å². The third-order valence-electron chi connectivity index (χ3n) is 2.82. The van der Waals surface area contributed by atoms with Gasteiger partial charge in [-0.25, -0.2) is 4.79 Å². The summed E-state index contributed by atoms with van der Waals surface area (Å²) in [6, 6.07) is 0.607. The Morgan fingerprint density at radius 1 is 1.20 bits per heavy atom. The predicted molar refractivity (Wildman–Crippen MR) is 84.0 cm³/mol. The molecule has 2 unspecified atom stereocenters. The van der Waals surface area contributed by atoms with Crippen molar-refractivity contribution >= 4 is 6.09 Å². The second kappa shape index (κ2) is 8.47. The first-order chi connectivity index (χ1) is 9.01. The fourth-order valence-electron chi connectivity index (χ4n) is 1.82. The van der Waals surface area contributed by atoms with Crippen molar-refractivity contribution in [3.05, 3.63) is 0 Å². The lowest BCUT2D eigenvalue weighted by atomic mass is 10.0. The molecular weight excluding hydrogens is 254 g/mol. The Labute approximate surface area is 124 Å². The summed E-state index contributed by atoms with van der Waals surface area (Å²) in [6.45, 7) is 13.6. The van der Waals surface area contributed by atoms with Crippen molar-refractivity contribution in [3.8, 4) is 0 Å². The zero-order valence-electron chi connectivity index (χ0n) is 14.4. The van der Waals surface area contributed by atoms with Crippen LogP contribution in [-0.2, 0) is 4.74 Å². The Kier molecular flexibility index (Phi) is 8.13. The molecule has 5 nitrogen and oxygen atoms in total. The van der Waals surface area contributed by atoms with Crippen molar-refractivity contribution in [2.45, 2.75) is 59.2 Å². The average molecular weight is 287 g/mol. The van der Waals surface area contributed by atoms with E-state index in [4.69, 9.17) is 4.74 Å². The number of nitrogens with zero attached hydrogens (tertiary/aromatic N) is 1. The highest BCUT2D eigenvalue weighted by Gasteiger charge is 2.19. The van der Waals surface area contributed by atoms with E-state index in [2.05, 4.69) is 50.4 Å². The van der Waals surface area contributed by atoms with E-state index in [1.54, 1.807) is 0 Å². The minimum atomic E-state index is -0.452. The van der Waals surface area contributed by atoms with Gasteiger partial charge in [-0.3, -0.25) is 0 Å². The van der Waals surface area contributed by atoms with E-state index in [9.17, 15) is 4.79 Å². The van der Waals surface area contributed by atoms with Crippen LogP contribution in [0.2, 0.25) is 0 Å². The third kappa shape index (κ3) is 10.0. The monoisotopic (exact) mass is 287 g/mol. The first-order valence-electron chi connectivity index (χ1n) is 7.39. The highest BCUT2D eigenvalue weighted by atomic mass is 16.6. The first-order valence-corrected chi connectivity index (χ1v) is 7.39. The van der Waals surface area contributed by atoms with Crippen LogP contribution in [0.5, 0.6) is 0 Å². The topological polar surface area (TPSA) is 53.6 Å². The molecule has 0 aliphatic carbocycles. The summed E-state index contributed by atoms with van der Waals surface area (Å²) in [5.41, 5.74) is -0.452. The summed E-state index contributed by atoms with van der Waals surface area (Å²) in [5.74, 6) is 0.543. The molecule has 0 spiro atoms. The molecular formula is C15H33N3O2. The summed E-state index contributed by atoms with van der Waals surface area (Å²) in [6.07, 6.45) is -0.361. The Morgan fingerprint density at radius 2 is 1.75 bits per heavy atom. The van der Waals surface area contributed by atoms with Gasteiger partial charge in [0.05, 0.1) is 0 Å². The molecule has 0 radical (unpaired) electrons. The standard InChI is InChI=1S/C15H33N3O2/c1-11(2)13(10-18(7)8)17-12(3)9-16-14(19)20-15(4,5)6/h11-13,17H,9-10H2,1-8H3,(H,16,19). The summed E-state index contributed by atoms with van der Waals surface area (Å²) in [7, 11) is 4.14. The van der Waals surface area contributed by atoms with E-state index in [1.165, 1.54) is 0 Å². The number of likely N-dealkylation sites (N-methyl/N-ethyl adjacent to an activating group) is 1. The molecule has 5 heteroatoms. The van der Waals surface area contributed by atoms with E-state index in [0.717, 1.165) is 6.54 Å². The normalized spacial score (nSPS) is 15.3. The minimum Gasteiger partial charge on any atom is -0.444 e. The van der Waals surface area contributed by atoms with Crippen LogP contribution in [0.1, 0.15) is 41.5 Å². The lowest BCUT2D eigenvalue weighted by Crippen LogP contribution is -2.50. The summed E-state index contributed by atoms with van der Waals surface area (Å²) >= 11 is 0. The predicted octanol–water partition coefficient (Wildman–Crippen LogP) is 2.08. The molecule has 0 bridgehead atoms. The lowest BCUT2D eigenvalue weighted by Gasteiger charge is -2.29. The van der Waals surface area contributed by atoms with Gasteiger partial charge in [-0.1, -0.05) is 13.8 Å². The molecule has 2 atom stereocenters. The number of ether oxygens (including phenoxy) is 1. The van der Waals surface area contributed by atoms with Crippen molar-refractivity contribution in [1.82, 2.24) is 15.5 Å². The minimum absolute atomic E-state index is 0.204. The van der Waals surface area contributed by atoms with Gasteiger partial charge in [-0.15, -0.1) is 0 Å². The molecule has 0 saturated carbocycles. The Hall–Kier alpha value is -0.810. The number of alkyl carbamates (subject to hydrolysis) is 1. The van der Waals surface area contributed by atoms with Crippen molar-refractivity contribution in [2.24, 2.45) is 5.92 Å². The molecule has 0 heterocycles. The molecule has 0 aromatic heterocycles. The van der Waals surface area contributed by atoms with Gasteiger partial charge in [0.2, 0.25) is 0 Å². The van der Waals surface area contributed by atoms with Crippen LogP contribution < -0.4 is 10.6 Å². The van der Waals surface area contributed by atoms with Crippen LogP contribution in [0, 0.1) is 5.92 Å². The molecule has 0 aromatic rings. The molecule has 120 valence electrons. The van der Waals surface area contributed by atoms with Gasteiger partial charge in [-0.2, -0.15) is 0 Å². The average Bonchev–Trinajstić information content (AvgIpc) is 2.22. The molecule has 20 heavy (non-hydrogen) atoms. The lowest BCUT2D eigenvalue weighted by molar-refractivity contribution is 0.0522. The maximum Gasteiger partial charge on any atom is 0.407 e. The fourth-order valence-corrected chi connectivity index (χ4v) is 1.82. The summed E-state index contributed by atoms with van der Waals surface area (Å²) in [5, 5.41) is 6.35. The Bertz CT molecular complexity index is 285. The Morgan fingerprint density at radius 3 is 2.15 bits per heavy atom. The van der Waals surface area contributed by atoms with Crippen LogP contribution in [0.15, 0.2) is 0 Å². The maximum absolute atomic E-state index is 11.6. The van der Waals surface area contributed by atoms with Gasteiger partial charge in [0.1, 0.15) is 5.60 Å². The zero-order chi connectivity index (χ0) is 15.9. The fraction of sp³-hybridized carbons (Fsp3) is 0.933. The molecule has 0 aliphatic heterocycles. The van der Waals surface area contributed by atoms with Crippen LogP contribution in [-0.4, -0.2) is 55.9 Å². The van der Waals surface area contributed by atoms with Gasteiger partial charge in [-0.05, 0) is 47.7 Å².